The van der Waals surface area contributed by atoms with Gasteiger partial charge in [0.15, 0.2) is 11.5 Å². The van der Waals surface area contributed by atoms with Crippen molar-refractivity contribution in [1.82, 2.24) is 15.0 Å². The first-order valence-corrected chi connectivity index (χ1v) is 9.67. The minimum atomic E-state index is -0.279. The standard InChI is InChI=1S/C21H23ClN4O4/c1-13(2)26(21(27)23-16-8-6-15(22)7-9-16)12-19-24-20(25-30-19)14-5-10-17(28-3)18(11-14)29-4/h5-11,13H,12H2,1-4H3,(H,23,27). The van der Waals surface area contributed by atoms with Crippen LogP contribution in [0, 0.1) is 0 Å². The first-order valence-electron chi connectivity index (χ1n) is 9.29. The van der Waals surface area contributed by atoms with Gasteiger partial charge in [0.05, 0.1) is 14.2 Å². The molecule has 0 aliphatic rings. The molecule has 0 aliphatic heterocycles. The normalized spacial score (nSPS) is 10.7. The predicted molar refractivity (Wildman–Crippen MR) is 114 cm³/mol. The molecular formula is C21H23ClN4O4. The van der Waals surface area contributed by atoms with E-state index in [-0.39, 0.29) is 18.6 Å². The third-order valence-electron chi connectivity index (χ3n) is 4.40. The molecule has 0 saturated heterocycles. The van der Waals surface area contributed by atoms with E-state index in [0.29, 0.717) is 39.5 Å². The first-order chi connectivity index (χ1) is 14.4. The van der Waals surface area contributed by atoms with Crippen LogP contribution in [-0.4, -0.2) is 41.3 Å². The number of hydrogen-bond donors (Lipinski definition) is 1. The van der Waals surface area contributed by atoms with E-state index < -0.39 is 0 Å². The van der Waals surface area contributed by atoms with Crippen LogP contribution >= 0.6 is 11.6 Å². The number of carbonyl (C=O) groups excluding carboxylic acids is 1. The second kappa shape index (κ2) is 9.49. The van der Waals surface area contributed by atoms with Crippen molar-refractivity contribution in [3.8, 4) is 22.9 Å². The molecule has 0 spiro atoms. The highest BCUT2D eigenvalue weighted by molar-refractivity contribution is 6.30. The van der Waals surface area contributed by atoms with Gasteiger partial charge in [0.25, 0.3) is 0 Å². The molecule has 0 aliphatic carbocycles. The lowest BCUT2D eigenvalue weighted by Crippen LogP contribution is -2.39. The Bertz CT molecular complexity index is 1000. The molecule has 0 fully saturated rings. The zero-order valence-electron chi connectivity index (χ0n) is 17.2. The summed E-state index contributed by atoms with van der Waals surface area (Å²) in [5.74, 6) is 1.88. The van der Waals surface area contributed by atoms with E-state index in [1.54, 1.807) is 55.5 Å². The third-order valence-corrected chi connectivity index (χ3v) is 4.65. The van der Waals surface area contributed by atoms with E-state index in [2.05, 4.69) is 15.5 Å². The van der Waals surface area contributed by atoms with Crippen LogP contribution in [0.2, 0.25) is 5.02 Å². The van der Waals surface area contributed by atoms with Crippen LogP contribution in [0.1, 0.15) is 19.7 Å². The second-order valence-corrected chi connectivity index (χ2v) is 7.18. The van der Waals surface area contributed by atoms with Gasteiger partial charge in [0.2, 0.25) is 11.7 Å². The Kier molecular flexibility index (Phi) is 6.79. The molecule has 1 N–H and O–H groups in total. The van der Waals surface area contributed by atoms with E-state index in [0.717, 1.165) is 0 Å². The topological polar surface area (TPSA) is 89.7 Å². The summed E-state index contributed by atoms with van der Waals surface area (Å²) >= 11 is 5.89. The van der Waals surface area contributed by atoms with Crippen molar-refractivity contribution in [1.29, 1.82) is 0 Å². The summed E-state index contributed by atoms with van der Waals surface area (Å²) < 4.78 is 15.9. The maximum absolute atomic E-state index is 12.7. The number of nitrogens with one attached hydrogen (secondary N) is 1. The quantitative estimate of drug-likeness (QED) is 0.576. The summed E-state index contributed by atoms with van der Waals surface area (Å²) in [5.41, 5.74) is 1.36. The van der Waals surface area contributed by atoms with Crippen molar-refractivity contribution in [2.24, 2.45) is 0 Å². The molecule has 1 heterocycles. The van der Waals surface area contributed by atoms with Crippen LogP contribution in [0.3, 0.4) is 0 Å². The molecule has 3 aromatic rings. The molecule has 1 aromatic heterocycles. The smallest absolute Gasteiger partial charge is 0.322 e. The summed E-state index contributed by atoms with van der Waals surface area (Å²) in [7, 11) is 3.13. The number of benzene rings is 2. The van der Waals surface area contributed by atoms with Gasteiger partial charge in [0.1, 0.15) is 6.54 Å². The molecule has 30 heavy (non-hydrogen) atoms. The number of ether oxygens (including phenoxy) is 2. The number of anilines is 1. The summed E-state index contributed by atoms with van der Waals surface area (Å²) in [6.45, 7) is 3.98. The maximum Gasteiger partial charge on any atom is 0.322 e. The number of rotatable bonds is 7. The van der Waals surface area contributed by atoms with Gasteiger partial charge in [-0.25, -0.2) is 4.79 Å². The summed E-state index contributed by atoms with van der Waals surface area (Å²) in [5, 5.41) is 7.47. The number of aromatic nitrogens is 2. The Morgan fingerprint density at radius 1 is 1.13 bits per heavy atom. The molecule has 3 rings (SSSR count). The van der Waals surface area contributed by atoms with Crippen molar-refractivity contribution >= 4 is 23.3 Å². The van der Waals surface area contributed by atoms with Crippen molar-refractivity contribution in [2.45, 2.75) is 26.4 Å². The molecule has 0 unspecified atom stereocenters. The van der Waals surface area contributed by atoms with E-state index in [1.807, 2.05) is 19.9 Å². The lowest BCUT2D eigenvalue weighted by molar-refractivity contribution is 0.182. The molecule has 0 radical (unpaired) electrons. The Morgan fingerprint density at radius 2 is 1.83 bits per heavy atom. The van der Waals surface area contributed by atoms with Gasteiger partial charge in [-0.1, -0.05) is 16.8 Å². The minimum Gasteiger partial charge on any atom is -0.493 e. The zero-order chi connectivity index (χ0) is 21.7. The van der Waals surface area contributed by atoms with Gasteiger partial charge in [-0.05, 0) is 56.3 Å². The lowest BCUT2D eigenvalue weighted by atomic mass is 10.2. The minimum absolute atomic E-state index is 0.0891. The number of nitrogens with zero attached hydrogens (tertiary/aromatic N) is 3. The molecule has 2 aromatic carbocycles. The number of methoxy groups -OCH3 is 2. The number of urea groups is 1. The molecule has 158 valence electrons. The van der Waals surface area contributed by atoms with Crippen molar-refractivity contribution in [2.75, 3.05) is 19.5 Å². The van der Waals surface area contributed by atoms with Crippen LogP contribution in [0.4, 0.5) is 10.5 Å². The SMILES string of the molecule is COc1ccc(-c2noc(CN(C(=O)Nc3ccc(Cl)cc3)C(C)C)n2)cc1OC. The maximum atomic E-state index is 12.7. The zero-order valence-corrected chi connectivity index (χ0v) is 17.9. The van der Waals surface area contributed by atoms with Gasteiger partial charge in [-0.3, -0.25) is 0 Å². The summed E-state index contributed by atoms with van der Waals surface area (Å²) in [4.78, 5) is 18.8. The van der Waals surface area contributed by atoms with Crippen LogP contribution in [0.25, 0.3) is 11.4 Å². The highest BCUT2D eigenvalue weighted by Gasteiger charge is 2.21. The second-order valence-electron chi connectivity index (χ2n) is 6.74. The van der Waals surface area contributed by atoms with Crippen LogP contribution in [-0.2, 0) is 6.54 Å². The fraction of sp³-hybridized carbons (Fsp3) is 0.286. The van der Waals surface area contributed by atoms with Gasteiger partial charge >= 0.3 is 6.03 Å². The van der Waals surface area contributed by atoms with Crippen molar-refractivity contribution < 1.29 is 18.8 Å². The molecule has 9 heteroatoms. The average Bonchev–Trinajstić information content (AvgIpc) is 3.21. The van der Waals surface area contributed by atoms with Crippen molar-refractivity contribution in [3.63, 3.8) is 0 Å². The molecule has 0 saturated carbocycles. The van der Waals surface area contributed by atoms with Gasteiger partial charge in [0, 0.05) is 22.3 Å². The average molecular weight is 431 g/mol. The summed E-state index contributed by atoms with van der Waals surface area (Å²) in [6.07, 6.45) is 0. The predicted octanol–water partition coefficient (Wildman–Crippen LogP) is 4.85. The fourth-order valence-electron chi connectivity index (χ4n) is 2.77. The third kappa shape index (κ3) is 5.01. The Morgan fingerprint density at radius 3 is 2.47 bits per heavy atom. The van der Waals surface area contributed by atoms with Crippen LogP contribution < -0.4 is 14.8 Å². The van der Waals surface area contributed by atoms with Crippen LogP contribution in [0.15, 0.2) is 47.0 Å². The fourth-order valence-corrected chi connectivity index (χ4v) is 2.90. The molecular weight excluding hydrogens is 408 g/mol. The Hall–Kier alpha value is -3.26. The van der Waals surface area contributed by atoms with Crippen molar-refractivity contribution in [3.05, 3.63) is 53.4 Å². The first kappa shape index (κ1) is 21.4. The molecule has 2 amide bonds. The Labute approximate surface area is 179 Å². The Balaban J connectivity index is 1.75. The highest BCUT2D eigenvalue weighted by Crippen LogP contribution is 2.31. The lowest BCUT2D eigenvalue weighted by Gasteiger charge is -2.25. The van der Waals surface area contributed by atoms with E-state index in [4.69, 9.17) is 25.6 Å². The van der Waals surface area contributed by atoms with E-state index >= 15 is 0 Å². The molecule has 8 nitrogen and oxygen atoms in total. The monoisotopic (exact) mass is 430 g/mol. The molecule has 0 bridgehead atoms. The van der Waals surface area contributed by atoms with Gasteiger partial charge in [-0.2, -0.15) is 4.98 Å². The van der Waals surface area contributed by atoms with Gasteiger partial charge < -0.3 is 24.2 Å². The number of amides is 2. The van der Waals surface area contributed by atoms with Crippen LogP contribution in [0.5, 0.6) is 11.5 Å². The van der Waals surface area contributed by atoms with E-state index in [1.165, 1.54) is 0 Å². The summed E-state index contributed by atoms with van der Waals surface area (Å²) in [6, 6.07) is 11.9. The largest absolute Gasteiger partial charge is 0.493 e. The number of hydrogen-bond acceptors (Lipinski definition) is 6. The number of carbonyl (C=O) groups is 1. The highest BCUT2D eigenvalue weighted by atomic mass is 35.5. The van der Waals surface area contributed by atoms with Gasteiger partial charge in [-0.15, -0.1) is 0 Å². The number of halogens is 1. The molecule has 0 atom stereocenters. The van der Waals surface area contributed by atoms with E-state index in [9.17, 15) is 4.79 Å².